The Labute approximate surface area is 100 Å². The number of rotatable bonds is 5. The first-order valence-corrected chi connectivity index (χ1v) is 5.44. The molecule has 0 fully saturated rings. The van der Waals surface area contributed by atoms with Crippen molar-refractivity contribution in [2.45, 2.75) is 26.2 Å². The van der Waals surface area contributed by atoms with Crippen LogP contribution < -0.4 is 0 Å². The fraction of sp³-hybridized carbons (Fsp3) is 0.385. The van der Waals surface area contributed by atoms with Crippen molar-refractivity contribution >= 4 is 11.8 Å². The van der Waals surface area contributed by atoms with Gasteiger partial charge in [-0.2, -0.15) is 0 Å². The SMILES string of the molecule is COC(=O)CCCC(=O)c1cc(C)ccc1O. The number of benzene rings is 1. The predicted molar refractivity (Wildman–Crippen MR) is 63.0 cm³/mol. The van der Waals surface area contributed by atoms with Gasteiger partial charge in [0.2, 0.25) is 0 Å². The maximum atomic E-state index is 11.8. The van der Waals surface area contributed by atoms with Crippen molar-refractivity contribution < 1.29 is 19.4 Å². The third-order valence-corrected chi connectivity index (χ3v) is 2.46. The molecule has 92 valence electrons. The van der Waals surface area contributed by atoms with Crippen LogP contribution in [0.2, 0.25) is 0 Å². The number of esters is 1. The molecule has 0 aromatic heterocycles. The second-order valence-corrected chi connectivity index (χ2v) is 3.87. The summed E-state index contributed by atoms with van der Waals surface area (Å²) in [7, 11) is 1.32. The molecule has 1 rings (SSSR count). The van der Waals surface area contributed by atoms with Crippen molar-refractivity contribution in [2.24, 2.45) is 0 Å². The van der Waals surface area contributed by atoms with E-state index in [0.717, 1.165) is 5.56 Å². The van der Waals surface area contributed by atoms with Crippen LogP contribution in [0.15, 0.2) is 18.2 Å². The summed E-state index contributed by atoms with van der Waals surface area (Å²) >= 11 is 0. The monoisotopic (exact) mass is 236 g/mol. The smallest absolute Gasteiger partial charge is 0.305 e. The van der Waals surface area contributed by atoms with Gasteiger partial charge in [-0.25, -0.2) is 0 Å². The number of Topliss-reactive ketones (excluding diaryl/α,β-unsaturated/α-hetero) is 1. The summed E-state index contributed by atoms with van der Waals surface area (Å²) in [4.78, 5) is 22.6. The zero-order valence-electron chi connectivity index (χ0n) is 10.0. The van der Waals surface area contributed by atoms with E-state index >= 15 is 0 Å². The highest BCUT2D eigenvalue weighted by Gasteiger charge is 2.12. The first kappa shape index (κ1) is 13.2. The zero-order valence-corrected chi connectivity index (χ0v) is 10.0. The van der Waals surface area contributed by atoms with Gasteiger partial charge in [0.1, 0.15) is 5.75 Å². The van der Waals surface area contributed by atoms with Gasteiger partial charge in [0.25, 0.3) is 0 Å². The maximum Gasteiger partial charge on any atom is 0.305 e. The molecule has 0 radical (unpaired) electrons. The zero-order chi connectivity index (χ0) is 12.8. The molecule has 0 saturated heterocycles. The molecule has 17 heavy (non-hydrogen) atoms. The van der Waals surface area contributed by atoms with Gasteiger partial charge in [0, 0.05) is 12.8 Å². The van der Waals surface area contributed by atoms with Gasteiger partial charge in [-0.1, -0.05) is 11.6 Å². The van der Waals surface area contributed by atoms with E-state index in [0.29, 0.717) is 12.0 Å². The molecule has 0 aliphatic rings. The van der Waals surface area contributed by atoms with E-state index in [4.69, 9.17) is 0 Å². The van der Waals surface area contributed by atoms with Gasteiger partial charge in [-0.15, -0.1) is 0 Å². The Balaban J connectivity index is 2.58. The van der Waals surface area contributed by atoms with Crippen molar-refractivity contribution in [1.82, 2.24) is 0 Å². The third kappa shape index (κ3) is 3.90. The van der Waals surface area contributed by atoms with Crippen LogP contribution in [0.1, 0.15) is 35.2 Å². The molecule has 4 heteroatoms. The Kier molecular flexibility index (Phi) is 4.69. The molecule has 1 aromatic carbocycles. The van der Waals surface area contributed by atoms with Crippen molar-refractivity contribution in [1.29, 1.82) is 0 Å². The number of hydrogen-bond acceptors (Lipinski definition) is 4. The number of phenols is 1. The standard InChI is InChI=1S/C13H16O4/c1-9-6-7-12(15)10(8-9)11(14)4-3-5-13(16)17-2/h6-8,15H,3-5H2,1-2H3. The van der Waals surface area contributed by atoms with Crippen LogP contribution in [0.3, 0.4) is 0 Å². The van der Waals surface area contributed by atoms with Crippen LogP contribution in [0.5, 0.6) is 5.75 Å². The summed E-state index contributed by atoms with van der Waals surface area (Å²) < 4.78 is 4.48. The molecule has 1 N–H and O–H groups in total. The van der Waals surface area contributed by atoms with Gasteiger partial charge in [-0.05, 0) is 25.5 Å². The lowest BCUT2D eigenvalue weighted by atomic mass is 10.0. The van der Waals surface area contributed by atoms with Crippen molar-refractivity contribution in [3.05, 3.63) is 29.3 Å². The highest BCUT2D eigenvalue weighted by atomic mass is 16.5. The first-order valence-electron chi connectivity index (χ1n) is 5.44. The summed E-state index contributed by atoms with van der Waals surface area (Å²) in [5, 5.41) is 9.55. The second-order valence-electron chi connectivity index (χ2n) is 3.87. The molecule has 0 aliphatic carbocycles. The lowest BCUT2D eigenvalue weighted by molar-refractivity contribution is -0.140. The highest BCUT2D eigenvalue weighted by molar-refractivity contribution is 5.98. The molecule has 0 atom stereocenters. The summed E-state index contributed by atoms with van der Waals surface area (Å²) in [5.41, 5.74) is 1.23. The van der Waals surface area contributed by atoms with Gasteiger partial charge in [0.15, 0.2) is 5.78 Å². The topological polar surface area (TPSA) is 63.6 Å². The van der Waals surface area contributed by atoms with Gasteiger partial charge >= 0.3 is 5.97 Å². The molecule has 0 bridgehead atoms. The van der Waals surface area contributed by atoms with Crippen LogP contribution in [0.25, 0.3) is 0 Å². The first-order chi connectivity index (χ1) is 8.04. The van der Waals surface area contributed by atoms with Crippen LogP contribution in [0, 0.1) is 6.92 Å². The number of hydrogen-bond donors (Lipinski definition) is 1. The van der Waals surface area contributed by atoms with E-state index in [1.165, 1.54) is 13.2 Å². The molecular formula is C13H16O4. The van der Waals surface area contributed by atoms with Crippen LogP contribution in [-0.2, 0) is 9.53 Å². The van der Waals surface area contributed by atoms with E-state index in [1.807, 2.05) is 6.92 Å². The number of ketones is 1. The molecule has 0 amide bonds. The number of aryl methyl sites for hydroxylation is 1. The Morgan fingerprint density at radius 2 is 2.00 bits per heavy atom. The summed E-state index contributed by atoms with van der Waals surface area (Å²) in [5.74, 6) is -0.500. The largest absolute Gasteiger partial charge is 0.507 e. The number of aromatic hydroxyl groups is 1. The fourth-order valence-electron chi connectivity index (χ4n) is 1.50. The Morgan fingerprint density at radius 3 is 2.65 bits per heavy atom. The second kappa shape index (κ2) is 6.03. The lowest BCUT2D eigenvalue weighted by Gasteiger charge is -2.04. The molecule has 0 heterocycles. The molecule has 0 aliphatic heterocycles. The van der Waals surface area contributed by atoms with E-state index in [1.54, 1.807) is 12.1 Å². The quantitative estimate of drug-likeness (QED) is 0.629. The summed E-state index contributed by atoms with van der Waals surface area (Å²) in [6.07, 6.45) is 0.875. The number of carbonyl (C=O) groups is 2. The predicted octanol–water partition coefficient (Wildman–Crippen LogP) is 2.23. The Hall–Kier alpha value is -1.84. The molecule has 0 saturated carbocycles. The number of methoxy groups -OCH3 is 1. The maximum absolute atomic E-state index is 11.8. The van der Waals surface area contributed by atoms with Crippen molar-refractivity contribution in [2.75, 3.05) is 7.11 Å². The Bertz CT molecular complexity index is 423. The number of phenolic OH excluding ortho intramolecular Hbond substituents is 1. The van der Waals surface area contributed by atoms with Gasteiger partial charge < -0.3 is 9.84 Å². The minimum atomic E-state index is -0.328. The van der Waals surface area contributed by atoms with E-state index in [9.17, 15) is 14.7 Å². The minimum Gasteiger partial charge on any atom is -0.507 e. The third-order valence-electron chi connectivity index (χ3n) is 2.46. The molecule has 1 aromatic rings. The number of carbonyl (C=O) groups excluding carboxylic acids is 2. The summed E-state index contributed by atoms with van der Waals surface area (Å²) in [6, 6.07) is 4.89. The van der Waals surface area contributed by atoms with Crippen LogP contribution in [0.4, 0.5) is 0 Å². The van der Waals surface area contributed by atoms with Crippen molar-refractivity contribution in [3.63, 3.8) is 0 Å². The average Bonchev–Trinajstić information content (AvgIpc) is 2.31. The van der Waals surface area contributed by atoms with E-state index < -0.39 is 0 Å². The molecule has 0 unspecified atom stereocenters. The molecule has 4 nitrogen and oxygen atoms in total. The molecular weight excluding hydrogens is 220 g/mol. The average molecular weight is 236 g/mol. The lowest BCUT2D eigenvalue weighted by Crippen LogP contribution is -2.04. The molecule has 0 spiro atoms. The normalized spacial score (nSPS) is 10.0. The summed E-state index contributed by atoms with van der Waals surface area (Å²) in [6.45, 7) is 1.85. The van der Waals surface area contributed by atoms with Crippen LogP contribution in [-0.4, -0.2) is 24.0 Å². The van der Waals surface area contributed by atoms with E-state index in [-0.39, 0.29) is 30.3 Å². The van der Waals surface area contributed by atoms with Crippen LogP contribution >= 0.6 is 0 Å². The van der Waals surface area contributed by atoms with Gasteiger partial charge in [0.05, 0.1) is 12.7 Å². The van der Waals surface area contributed by atoms with Crippen molar-refractivity contribution in [3.8, 4) is 5.75 Å². The fourth-order valence-corrected chi connectivity index (χ4v) is 1.50. The highest BCUT2D eigenvalue weighted by Crippen LogP contribution is 2.20. The van der Waals surface area contributed by atoms with E-state index in [2.05, 4.69) is 4.74 Å². The van der Waals surface area contributed by atoms with Gasteiger partial charge in [-0.3, -0.25) is 9.59 Å². The minimum absolute atomic E-state index is 0.0151. The Morgan fingerprint density at radius 1 is 1.29 bits per heavy atom. The number of ether oxygens (including phenoxy) is 1.